The highest BCUT2D eigenvalue weighted by atomic mass is 32.2. The second kappa shape index (κ2) is 5.65. The molecule has 0 saturated carbocycles. The van der Waals surface area contributed by atoms with E-state index in [0.717, 1.165) is 6.42 Å². The lowest BCUT2D eigenvalue weighted by molar-refractivity contribution is -0.180. The third-order valence-electron chi connectivity index (χ3n) is 1.98. The Balaban J connectivity index is 2.14. The average Bonchev–Trinajstić information content (AvgIpc) is 2.19. The topological polar surface area (TPSA) is 64.6 Å². The fraction of sp³-hybridized carbons (Fsp3) is 1.00. The SMILES string of the molecule is CCS(=O)(=O)NCCC1OCCCO1. The summed E-state index contributed by atoms with van der Waals surface area (Å²) in [6.45, 7) is 3.38. The van der Waals surface area contributed by atoms with Crippen LogP contribution in [0.5, 0.6) is 0 Å². The molecule has 0 aromatic carbocycles. The fourth-order valence-electron chi connectivity index (χ4n) is 1.14. The summed E-state index contributed by atoms with van der Waals surface area (Å²) < 4.78 is 35.1. The molecule has 14 heavy (non-hydrogen) atoms. The summed E-state index contributed by atoms with van der Waals surface area (Å²) in [5, 5.41) is 0. The van der Waals surface area contributed by atoms with Gasteiger partial charge in [-0.3, -0.25) is 0 Å². The standard InChI is InChI=1S/C8H17NO4S/c1-2-14(10,11)9-5-4-8-12-6-3-7-13-8/h8-9H,2-7H2,1H3. The van der Waals surface area contributed by atoms with Crippen LogP contribution in [0.25, 0.3) is 0 Å². The van der Waals surface area contributed by atoms with Crippen molar-refractivity contribution in [2.75, 3.05) is 25.5 Å². The Morgan fingerprint density at radius 1 is 1.36 bits per heavy atom. The predicted molar refractivity (Wildman–Crippen MR) is 52.4 cm³/mol. The quantitative estimate of drug-likeness (QED) is 0.717. The van der Waals surface area contributed by atoms with Crippen LogP contribution in [0.15, 0.2) is 0 Å². The van der Waals surface area contributed by atoms with E-state index in [2.05, 4.69) is 4.72 Å². The first kappa shape index (κ1) is 11.9. The third kappa shape index (κ3) is 4.36. The van der Waals surface area contributed by atoms with Gasteiger partial charge in [0, 0.05) is 13.0 Å². The summed E-state index contributed by atoms with van der Waals surface area (Å²) in [6.07, 6.45) is 1.24. The lowest BCUT2D eigenvalue weighted by Crippen LogP contribution is -2.32. The number of hydrogen-bond acceptors (Lipinski definition) is 4. The molecule has 5 nitrogen and oxygen atoms in total. The molecule has 0 unspecified atom stereocenters. The van der Waals surface area contributed by atoms with Crippen molar-refractivity contribution in [2.45, 2.75) is 26.1 Å². The Bertz CT molecular complexity index is 246. The number of ether oxygens (including phenoxy) is 2. The van der Waals surface area contributed by atoms with Gasteiger partial charge in [0.1, 0.15) is 0 Å². The Hall–Kier alpha value is -0.170. The van der Waals surface area contributed by atoms with E-state index >= 15 is 0 Å². The van der Waals surface area contributed by atoms with Gasteiger partial charge in [0.05, 0.1) is 19.0 Å². The van der Waals surface area contributed by atoms with Crippen LogP contribution < -0.4 is 4.72 Å². The Labute approximate surface area is 84.8 Å². The van der Waals surface area contributed by atoms with Crippen molar-refractivity contribution in [1.82, 2.24) is 4.72 Å². The third-order valence-corrected chi connectivity index (χ3v) is 3.38. The maximum atomic E-state index is 11.0. The van der Waals surface area contributed by atoms with E-state index in [-0.39, 0.29) is 12.0 Å². The molecule has 1 fully saturated rings. The molecule has 0 aromatic rings. The van der Waals surface area contributed by atoms with Crippen LogP contribution in [0.2, 0.25) is 0 Å². The molecule has 0 aliphatic carbocycles. The monoisotopic (exact) mass is 223 g/mol. The molecule has 84 valence electrons. The minimum absolute atomic E-state index is 0.110. The predicted octanol–water partition coefficient (Wildman–Crippen LogP) is 0.0788. The van der Waals surface area contributed by atoms with Crippen LogP contribution in [0.1, 0.15) is 19.8 Å². The van der Waals surface area contributed by atoms with Crippen LogP contribution in [0.4, 0.5) is 0 Å². The molecule has 1 N–H and O–H groups in total. The summed E-state index contributed by atoms with van der Waals surface area (Å²) in [7, 11) is -3.08. The van der Waals surface area contributed by atoms with Gasteiger partial charge in [-0.1, -0.05) is 0 Å². The molecule has 0 radical (unpaired) electrons. The molecule has 0 spiro atoms. The molecule has 1 rings (SSSR count). The zero-order chi connectivity index (χ0) is 10.4. The number of nitrogens with one attached hydrogen (secondary N) is 1. The van der Waals surface area contributed by atoms with Crippen molar-refractivity contribution in [3.8, 4) is 0 Å². The molecule has 1 aliphatic heterocycles. The van der Waals surface area contributed by atoms with E-state index in [0.29, 0.717) is 26.2 Å². The first-order valence-electron chi connectivity index (χ1n) is 4.84. The van der Waals surface area contributed by atoms with Gasteiger partial charge in [0.2, 0.25) is 10.0 Å². The maximum absolute atomic E-state index is 11.0. The van der Waals surface area contributed by atoms with Crippen molar-refractivity contribution in [1.29, 1.82) is 0 Å². The number of rotatable bonds is 5. The Morgan fingerprint density at radius 3 is 2.57 bits per heavy atom. The minimum Gasteiger partial charge on any atom is -0.353 e. The summed E-state index contributed by atoms with van der Waals surface area (Å²) >= 11 is 0. The van der Waals surface area contributed by atoms with Crippen LogP contribution in [0.3, 0.4) is 0 Å². The van der Waals surface area contributed by atoms with E-state index in [1.165, 1.54) is 0 Å². The molecule has 0 bridgehead atoms. The van der Waals surface area contributed by atoms with Gasteiger partial charge < -0.3 is 9.47 Å². The maximum Gasteiger partial charge on any atom is 0.211 e. The normalized spacial score (nSPS) is 19.8. The van der Waals surface area contributed by atoms with Gasteiger partial charge in [-0.2, -0.15) is 0 Å². The number of hydrogen-bond donors (Lipinski definition) is 1. The summed E-state index contributed by atoms with van der Waals surface area (Å²) in [6, 6.07) is 0. The van der Waals surface area contributed by atoms with Crippen molar-refractivity contribution in [3.63, 3.8) is 0 Å². The second-order valence-corrected chi connectivity index (χ2v) is 5.21. The van der Waals surface area contributed by atoms with Crippen LogP contribution in [0, 0.1) is 0 Å². The van der Waals surface area contributed by atoms with E-state index in [9.17, 15) is 8.42 Å². The van der Waals surface area contributed by atoms with Gasteiger partial charge >= 0.3 is 0 Å². The highest BCUT2D eigenvalue weighted by molar-refractivity contribution is 7.89. The van der Waals surface area contributed by atoms with Crippen molar-refractivity contribution < 1.29 is 17.9 Å². The first-order valence-corrected chi connectivity index (χ1v) is 6.50. The lowest BCUT2D eigenvalue weighted by atomic mass is 10.4. The Morgan fingerprint density at radius 2 is 2.00 bits per heavy atom. The average molecular weight is 223 g/mol. The molecule has 6 heteroatoms. The summed E-state index contributed by atoms with van der Waals surface area (Å²) in [5.74, 6) is 0.110. The van der Waals surface area contributed by atoms with Crippen LogP contribution in [-0.4, -0.2) is 40.2 Å². The van der Waals surface area contributed by atoms with Crippen LogP contribution >= 0.6 is 0 Å². The van der Waals surface area contributed by atoms with Crippen molar-refractivity contribution >= 4 is 10.0 Å². The molecule has 1 aliphatic rings. The smallest absolute Gasteiger partial charge is 0.211 e. The molecular weight excluding hydrogens is 206 g/mol. The lowest BCUT2D eigenvalue weighted by Gasteiger charge is -2.23. The molecule has 1 saturated heterocycles. The van der Waals surface area contributed by atoms with E-state index in [1.54, 1.807) is 6.92 Å². The molecule has 1 heterocycles. The fourth-order valence-corrected chi connectivity index (χ4v) is 1.77. The molecule has 0 aromatic heterocycles. The zero-order valence-electron chi connectivity index (χ0n) is 8.36. The summed E-state index contributed by atoms with van der Waals surface area (Å²) in [5.41, 5.74) is 0. The highest BCUT2D eigenvalue weighted by Gasteiger charge is 2.14. The molecular formula is C8H17NO4S. The van der Waals surface area contributed by atoms with E-state index < -0.39 is 10.0 Å². The Kier molecular flexibility index (Phi) is 4.80. The largest absolute Gasteiger partial charge is 0.353 e. The van der Waals surface area contributed by atoms with Gasteiger partial charge in [0.15, 0.2) is 6.29 Å². The van der Waals surface area contributed by atoms with Crippen molar-refractivity contribution in [3.05, 3.63) is 0 Å². The zero-order valence-corrected chi connectivity index (χ0v) is 9.18. The second-order valence-electron chi connectivity index (χ2n) is 3.11. The van der Waals surface area contributed by atoms with E-state index in [4.69, 9.17) is 9.47 Å². The minimum atomic E-state index is -3.08. The summed E-state index contributed by atoms with van der Waals surface area (Å²) in [4.78, 5) is 0. The number of sulfonamides is 1. The van der Waals surface area contributed by atoms with Crippen LogP contribution in [-0.2, 0) is 19.5 Å². The van der Waals surface area contributed by atoms with E-state index in [1.807, 2.05) is 0 Å². The molecule has 0 amide bonds. The highest BCUT2D eigenvalue weighted by Crippen LogP contribution is 2.07. The first-order chi connectivity index (χ1) is 6.64. The van der Waals surface area contributed by atoms with Gasteiger partial charge in [-0.05, 0) is 13.3 Å². The van der Waals surface area contributed by atoms with Gasteiger partial charge in [-0.25, -0.2) is 13.1 Å². The van der Waals surface area contributed by atoms with Crippen molar-refractivity contribution in [2.24, 2.45) is 0 Å². The van der Waals surface area contributed by atoms with Gasteiger partial charge in [-0.15, -0.1) is 0 Å². The molecule has 0 atom stereocenters. The van der Waals surface area contributed by atoms with Gasteiger partial charge in [0.25, 0.3) is 0 Å².